The van der Waals surface area contributed by atoms with E-state index in [0.717, 1.165) is 6.07 Å². The molecule has 0 saturated carbocycles. The smallest absolute Gasteiger partial charge is 0.265 e. The molecular formula is C17H17BrN2O6S2. The molecule has 1 amide bonds. The van der Waals surface area contributed by atoms with Gasteiger partial charge in [-0.1, -0.05) is 28.9 Å². The van der Waals surface area contributed by atoms with E-state index in [1.807, 2.05) is 0 Å². The third kappa shape index (κ3) is 3.87. The zero-order valence-electron chi connectivity index (χ0n) is 14.9. The number of amides is 1. The van der Waals surface area contributed by atoms with Crippen molar-refractivity contribution in [3.05, 3.63) is 46.9 Å². The second-order valence-electron chi connectivity index (χ2n) is 6.23. The van der Waals surface area contributed by atoms with Gasteiger partial charge in [-0.25, -0.2) is 21.1 Å². The lowest BCUT2D eigenvalue weighted by atomic mass is 10.2. The number of sulfonamides is 2. The summed E-state index contributed by atoms with van der Waals surface area (Å²) in [6.45, 7) is 1.51. The van der Waals surface area contributed by atoms with Gasteiger partial charge in [-0.15, -0.1) is 0 Å². The molecule has 1 aliphatic heterocycles. The van der Waals surface area contributed by atoms with Crippen LogP contribution in [0.3, 0.4) is 0 Å². The summed E-state index contributed by atoms with van der Waals surface area (Å²) in [5.74, 6) is -1.61. The van der Waals surface area contributed by atoms with E-state index in [9.17, 15) is 21.6 Å². The summed E-state index contributed by atoms with van der Waals surface area (Å²) >= 11 is 3.26. The lowest BCUT2D eigenvalue weighted by Crippen LogP contribution is -2.30. The number of rotatable bonds is 5. The number of nitrogens with one attached hydrogen (secondary N) is 1. The number of halogens is 1. The number of ether oxygens (including phenoxy) is 1. The number of benzene rings is 2. The first-order valence-corrected chi connectivity index (χ1v) is 12.0. The maximum atomic E-state index is 12.9. The van der Waals surface area contributed by atoms with Crippen molar-refractivity contribution in [2.24, 2.45) is 5.92 Å². The van der Waals surface area contributed by atoms with Crippen LogP contribution >= 0.6 is 15.9 Å². The molecular weight excluding hydrogens is 472 g/mol. The Balaban J connectivity index is 2.08. The minimum atomic E-state index is -4.12. The van der Waals surface area contributed by atoms with Crippen molar-refractivity contribution in [2.45, 2.75) is 11.8 Å². The Bertz CT molecular complexity index is 1150. The van der Waals surface area contributed by atoms with Crippen LogP contribution in [0.25, 0.3) is 0 Å². The topological polar surface area (TPSA) is 110 Å². The summed E-state index contributed by atoms with van der Waals surface area (Å²) in [5, 5.41) is 0. The summed E-state index contributed by atoms with van der Waals surface area (Å²) in [7, 11) is -6.69. The monoisotopic (exact) mass is 488 g/mol. The average molecular weight is 489 g/mol. The van der Waals surface area contributed by atoms with E-state index in [1.54, 1.807) is 24.3 Å². The number of hydrogen-bond donors (Lipinski definition) is 1. The van der Waals surface area contributed by atoms with Crippen LogP contribution in [0.4, 0.5) is 11.4 Å². The Hall–Kier alpha value is -2.11. The highest BCUT2D eigenvalue weighted by atomic mass is 79.9. The van der Waals surface area contributed by atoms with Crippen LogP contribution < -0.4 is 13.8 Å². The maximum Gasteiger partial charge on any atom is 0.265 e. The largest absolute Gasteiger partial charge is 0.495 e. The van der Waals surface area contributed by atoms with E-state index >= 15 is 0 Å². The van der Waals surface area contributed by atoms with E-state index in [2.05, 4.69) is 20.7 Å². The molecule has 8 nitrogen and oxygen atoms in total. The van der Waals surface area contributed by atoms with E-state index in [-0.39, 0.29) is 22.1 Å². The third-order valence-corrected chi connectivity index (χ3v) is 7.87. The molecule has 0 aromatic heterocycles. The number of carbonyl (C=O) groups excluding carboxylic acids is 1. The van der Waals surface area contributed by atoms with Crippen LogP contribution in [-0.2, 0) is 24.8 Å². The third-order valence-electron chi connectivity index (χ3n) is 4.11. The lowest BCUT2D eigenvalue weighted by Gasteiger charge is -2.18. The lowest BCUT2D eigenvalue weighted by molar-refractivity contribution is -0.119. The molecule has 11 heteroatoms. The molecule has 3 rings (SSSR count). The summed E-state index contributed by atoms with van der Waals surface area (Å²) in [6, 6.07) is 10.3. The van der Waals surface area contributed by atoms with Crippen LogP contribution in [0.1, 0.15) is 6.92 Å². The number of nitrogens with zero attached hydrogens (tertiary/aromatic N) is 1. The molecule has 1 N–H and O–H groups in total. The fourth-order valence-electron chi connectivity index (χ4n) is 2.85. The minimum absolute atomic E-state index is 0.0170. The van der Waals surface area contributed by atoms with E-state index in [1.165, 1.54) is 26.2 Å². The molecule has 2 aromatic rings. The quantitative estimate of drug-likeness (QED) is 0.692. The molecule has 0 bridgehead atoms. The minimum Gasteiger partial charge on any atom is -0.495 e. The predicted octanol–water partition coefficient (Wildman–Crippen LogP) is 2.57. The van der Waals surface area contributed by atoms with Gasteiger partial charge in [0.1, 0.15) is 10.6 Å². The zero-order valence-corrected chi connectivity index (χ0v) is 18.1. The van der Waals surface area contributed by atoms with Crippen LogP contribution in [0.15, 0.2) is 51.8 Å². The van der Waals surface area contributed by atoms with Gasteiger partial charge in [-0.05, 0) is 36.4 Å². The van der Waals surface area contributed by atoms with Crippen LogP contribution in [-0.4, -0.2) is 35.6 Å². The summed E-state index contributed by atoms with van der Waals surface area (Å²) in [5.41, 5.74) is 0.255. The van der Waals surface area contributed by atoms with Gasteiger partial charge in [0.05, 0.1) is 24.5 Å². The highest BCUT2D eigenvalue weighted by Gasteiger charge is 2.42. The Labute approximate surface area is 171 Å². The first-order valence-electron chi connectivity index (χ1n) is 8.08. The Morgan fingerprint density at radius 3 is 2.50 bits per heavy atom. The van der Waals surface area contributed by atoms with Gasteiger partial charge in [-0.2, -0.15) is 0 Å². The van der Waals surface area contributed by atoms with Crippen molar-refractivity contribution in [3.63, 3.8) is 0 Å². The van der Waals surface area contributed by atoms with Crippen LogP contribution in [0.2, 0.25) is 0 Å². The van der Waals surface area contributed by atoms with Crippen molar-refractivity contribution < 1.29 is 26.4 Å². The molecule has 0 unspecified atom stereocenters. The Morgan fingerprint density at radius 1 is 1.21 bits per heavy atom. The van der Waals surface area contributed by atoms with Crippen molar-refractivity contribution in [1.29, 1.82) is 0 Å². The van der Waals surface area contributed by atoms with Gasteiger partial charge in [-0.3, -0.25) is 9.52 Å². The Kier molecular flexibility index (Phi) is 5.43. The van der Waals surface area contributed by atoms with Crippen molar-refractivity contribution in [3.8, 4) is 5.75 Å². The van der Waals surface area contributed by atoms with Gasteiger partial charge >= 0.3 is 0 Å². The maximum absolute atomic E-state index is 12.9. The van der Waals surface area contributed by atoms with Crippen LogP contribution in [0.5, 0.6) is 5.75 Å². The highest BCUT2D eigenvalue weighted by Crippen LogP contribution is 2.34. The second kappa shape index (κ2) is 7.37. The Morgan fingerprint density at radius 2 is 1.93 bits per heavy atom. The SMILES string of the molecule is COc1ccc(N2C(=O)[C@@H](C)CS2(=O)=O)cc1S(=O)(=O)Nc1cccc(Br)c1. The average Bonchev–Trinajstić information content (AvgIpc) is 2.81. The standard InChI is InChI=1S/C17H17BrN2O6S2/c1-11-10-27(22,23)20(17(11)21)14-6-7-15(26-2)16(9-14)28(24,25)19-13-5-3-4-12(18)8-13/h3-9,11,19H,10H2,1-2H3/t11-/m0/s1. The van der Waals surface area contributed by atoms with Gasteiger partial charge in [0, 0.05) is 10.2 Å². The van der Waals surface area contributed by atoms with Crippen molar-refractivity contribution in [1.82, 2.24) is 0 Å². The molecule has 2 aromatic carbocycles. The normalized spacial score (nSPS) is 18.9. The molecule has 1 atom stereocenters. The molecule has 150 valence electrons. The summed E-state index contributed by atoms with van der Waals surface area (Å²) in [4.78, 5) is 12.0. The molecule has 0 radical (unpaired) electrons. The zero-order chi connectivity index (χ0) is 20.7. The van der Waals surface area contributed by atoms with Crippen LogP contribution in [0, 0.1) is 5.92 Å². The summed E-state index contributed by atoms with van der Waals surface area (Å²) < 4.78 is 59.3. The first kappa shape index (κ1) is 20.6. The number of anilines is 2. The predicted molar refractivity (Wildman–Crippen MR) is 108 cm³/mol. The van der Waals surface area contributed by atoms with Crippen molar-refractivity contribution >= 4 is 53.3 Å². The molecule has 1 saturated heterocycles. The first-order chi connectivity index (χ1) is 13.0. The summed E-state index contributed by atoms with van der Waals surface area (Å²) in [6.07, 6.45) is 0. The van der Waals surface area contributed by atoms with E-state index in [4.69, 9.17) is 4.74 Å². The van der Waals surface area contributed by atoms with E-state index in [0.29, 0.717) is 14.5 Å². The number of hydrogen-bond acceptors (Lipinski definition) is 6. The van der Waals surface area contributed by atoms with Gasteiger partial charge < -0.3 is 4.74 Å². The fraction of sp³-hybridized carbons (Fsp3) is 0.235. The molecule has 0 aliphatic carbocycles. The fourth-order valence-corrected chi connectivity index (χ4v) is 6.30. The van der Waals surface area contributed by atoms with Gasteiger partial charge in [0.25, 0.3) is 10.0 Å². The van der Waals surface area contributed by atoms with Gasteiger partial charge in [0.15, 0.2) is 0 Å². The second-order valence-corrected chi connectivity index (χ2v) is 10.7. The molecule has 28 heavy (non-hydrogen) atoms. The molecule has 1 heterocycles. The van der Waals surface area contributed by atoms with E-state index < -0.39 is 31.9 Å². The molecule has 1 aliphatic rings. The highest BCUT2D eigenvalue weighted by molar-refractivity contribution is 9.10. The number of carbonyl (C=O) groups is 1. The van der Waals surface area contributed by atoms with Gasteiger partial charge in [0.2, 0.25) is 15.9 Å². The number of methoxy groups -OCH3 is 1. The molecule has 0 spiro atoms. The van der Waals surface area contributed by atoms with Crippen molar-refractivity contribution in [2.75, 3.05) is 21.9 Å². The molecule has 1 fully saturated rings.